The highest BCUT2D eigenvalue weighted by molar-refractivity contribution is 5.92. The van der Waals surface area contributed by atoms with Crippen molar-refractivity contribution in [3.05, 3.63) is 42.2 Å². The van der Waals surface area contributed by atoms with Crippen molar-refractivity contribution in [2.45, 2.75) is 13.3 Å². The number of rotatable bonds is 4. The van der Waals surface area contributed by atoms with Crippen molar-refractivity contribution in [3.8, 4) is 0 Å². The summed E-state index contributed by atoms with van der Waals surface area (Å²) in [7, 11) is 1.87. The van der Waals surface area contributed by atoms with Crippen molar-refractivity contribution >= 4 is 17.3 Å². The molecule has 1 aromatic carbocycles. The van der Waals surface area contributed by atoms with Gasteiger partial charge in [0.25, 0.3) is 0 Å². The topological polar surface area (TPSA) is 53.4 Å². The number of amides is 1. The van der Waals surface area contributed by atoms with E-state index in [1.54, 1.807) is 10.9 Å². The Hall–Kier alpha value is -2.34. The third kappa shape index (κ3) is 3.94. The minimum absolute atomic E-state index is 0.0271. The number of carbonyl (C=O) groups is 1. The van der Waals surface area contributed by atoms with Crippen molar-refractivity contribution < 1.29 is 4.79 Å². The fraction of sp³-hybridized carbons (Fsp3) is 0.444. The molecule has 0 aliphatic carbocycles. The Bertz CT molecular complexity index is 682. The maximum absolute atomic E-state index is 12.3. The van der Waals surface area contributed by atoms with Crippen molar-refractivity contribution in [1.29, 1.82) is 0 Å². The van der Waals surface area contributed by atoms with Crippen LogP contribution in [0.4, 0.5) is 11.4 Å². The van der Waals surface area contributed by atoms with Crippen LogP contribution < -0.4 is 10.2 Å². The number of anilines is 2. The normalized spacial score (nSPS) is 16.0. The Morgan fingerprint density at radius 1 is 1.17 bits per heavy atom. The van der Waals surface area contributed by atoms with Gasteiger partial charge in [0.15, 0.2) is 0 Å². The van der Waals surface area contributed by atoms with Gasteiger partial charge >= 0.3 is 0 Å². The van der Waals surface area contributed by atoms with Gasteiger partial charge in [-0.25, -0.2) is 0 Å². The lowest BCUT2D eigenvalue weighted by atomic mass is 10.3. The molecule has 0 saturated carbocycles. The largest absolute Gasteiger partial charge is 0.370 e. The molecule has 0 unspecified atom stereocenters. The van der Waals surface area contributed by atoms with Gasteiger partial charge < -0.3 is 10.2 Å². The van der Waals surface area contributed by atoms with Crippen LogP contribution in [-0.4, -0.2) is 53.3 Å². The maximum atomic E-state index is 12.3. The Morgan fingerprint density at radius 2 is 1.96 bits per heavy atom. The molecule has 24 heavy (non-hydrogen) atoms. The average molecular weight is 327 g/mol. The van der Waals surface area contributed by atoms with E-state index in [-0.39, 0.29) is 5.91 Å². The van der Waals surface area contributed by atoms with E-state index in [0.29, 0.717) is 6.54 Å². The van der Waals surface area contributed by atoms with Crippen LogP contribution in [0.3, 0.4) is 0 Å². The Morgan fingerprint density at radius 3 is 2.67 bits per heavy atom. The van der Waals surface area contributed by atoms with Crippen molar-refractivity contribution in [1.82, 2.24) is 14.7 Å². The Balaban J connectivity index is 1.53. The van der Waals surface area contributed by atoms with Crippen LogP contribution in [0.25, 0.3) is 0 Å². The quantitative estimate of drug-likeness (QED) is 0.932. The summed E-state index contributed by atoms with van der Waals surface area (Å²) in [5, 5.41) is 7.12. The van der Waals surface area contributed by atoms with Gasteiger partial charge in [0, 0.05) is 38.9 Å². The monoisotopic (exact) mass is 327 g/mol. The Kier molecular flexibility index (Phi) is 5.15. The van der Waals surface area contributed by atoms with Gasteiger partial charge in [-0.2, -0.15) is 5.10 Å². The van der Waals surface area contributed by atoms with E-state index in [0.717, 1.165) is 44.0 Å². The first-order valence-electron chi connectivity index (χ1n) is 8.44. The van der Waals surface area contributed by atoms with E-state index in [9.17, 15) is 4.79 Å². The number of benzene rings is 1. The predicted molar refractivity (Wildman–Crippen MR) is 96.3 cm³/mol. The summed E-state index contributed by atoms with van der Waals surface area (Å²) in [6.07, 6.45) is 2.76. The van der Waals surface area contributed by atoms with E-state index in [1.165, 1.54) is 5.69 Å². The standard InChI is InChI=1S/C18H25N5O/c1-15-17(13-19-21(15)2)20-18(24)14-22-9-6-10-23(12-11-22)16-7-4-3-5-8-16/h3-5,7-8,13H,6,9-12,14H2,1-2H3,(H,20,24). The number of hydrogen-bond acceptors (Lipinski definition) is 4. The number of nitrogens with one attached hydrogen (secondary N) is 1. The number of hydrogen-bond donors (Lipinski definition) is 1. The van der Waals surface area contributed by atoms with Crippen LogP contribution in [0.2, 0.25) is 0 Å². The van der Waals surface area contributed by atoms with Gasteiger partial charge in [-0.1, -0.05) is 18.2 Å². The highest BCUT2D eigenvalue weighted by atomic mass is 16.2. The molecular formula is C18H25N5O. The van der Waals surface area contributed by atoms with E-state index in [4.69, 9.17) is 0 Å². The number of carbonyl (C=O) groups excluding carboxylic acids is 1. The van der Waals surface area contributed by atoms with Gasteiger partial charge in [0.05, 0.1) is 24.1 Å². The molecule has 128 valence electrons. The molecule has 1 saturated heterocycles. The predicted octanol–water partition coefficient (Wildman–Crippen LogP) is 1.88. The van der Waals surface area contributed by atoms with Crippen molar-refractivity contribution in [2.24, 2.45) is 7.05 Å². The molecule has 6 heteroatoms. The van der Waals surface area contributed by atoms with E-state index >= 15 is 0 Å². The third-order valence-corrected chi connectivity index (χ3v) is 4.59. The lowest BCUT2D eigenvalue weighted by molar-refractivity contribution is -0.117. The van der Waals surface area contributed by atoms with E-state index < -0.39 is 0 Å². The molecule has 1 aromatic heterocycles. The molecule has 1 aliphatic rings. The van der Waals surface area contributed by atoms with Crippen LogP contribution in [0.5, 0.6) is 0 Å². The van der Waals surface area contributed by atoms with Crippen LogP contribution in [0.15, 0.2) is 36.5 Å². The molecule has 1 aliphatic heterocycles. The highest BCUT2D eigenvalue weighted by Gasteiger charge is 2.18. The molecule has 0 radical (unpaired) electrons. The summed E-state index contributed by atoms with van der Waals surface area (Å²) < 4.78 is 1.76. The minimum Gasteiger partial charge on any atom is -0.370 e. The summed E-state index contributed by atoms with van der Waals surface area (Å²) in [5.41, 5.74) is 3.02. The maximum Gasteiger partial charge on any atom is 0.238 e. The summed E-state index contributed by atoms with van der Waals surface area (Å²) in [4.78, 5) is 16.9. The van der Waals surface area contributed by atoms with E-state index in [2.05, 4.69) is 44.5 Å². The number of nitrogens with zero attached hydrogens (tertiary/aromatic N) is 4. The molecule has 0 atom stereocenters. The number of para-hydroxylation sites is 1. The zero-order valence-electron chi connectivity index (χ0n) is 14.4. The highest BCUT2D eigenvalue weighted by Crippen LogP contribution is 2.16. The molecule has 3 rings (SSSR count). The second kappa shape index (κ2) is 7.49. The smallest absolute Gasteiger partial charge is 0.238 e. The zero-order chi connectivity index (χ0) is 16.9. The van der Waals surface area contributed by atoms with Gasteiger partial charge in [-0.3, -0.25) is 14.4 Å². The molecule has 2 heterocycles. The van der Waals surface area contributed by atoms with Gasteiger partial charge in [-0.05, 0) is 25.5 Å². The van der Waals surface area contributed by atoms with E-state index in [1.807, 2.05) is 20.0 Å². The molecular weight excluding hydrogens is 302 g/mol. The summed E-state index contributed by atoms with van der Waals surface area (Å²) >= 11 is 0. The second-order valence-electron chi connectivity index (χ2n) is 6.27. The van der Waals surface area contributed by atoms with Crippen LogP contribution in [0, 0.1) is 6.92 Å². The number of aromatic nitrogens is 2. The SMILES string of the molecule is Cc1c(NC(=O)CN2CCCN(c3ccccc3)CC2)cnn1C. The van der Waals surface area contributed by atoms with Gasteiger partial charge in [-0.15, -0.1) is 0 Å². The summed E-state index contributed by atoms with van der Waals surface area (Å²) in [6.45, 7) is 6.20. The summed E-state index contributed by atoms with van der Waals surface area (Å²) in [6, 6.07) is 10.5. The fourth-order valence-corrected chi connectivity index (χ4v) is 3.04. The van der Waals surface area contributed by atoms with Crippen molar-refractivity contribution in [3.63, 3.8) is 0 Å². The molecule has 6 nitrogen and oxygen atoms in total. The van der Waals surface area contributed by atoms with Gasteiger partial charge in [0.1, 0.15) is 0 Å². The van der Waals surface area contributed by atoms with Gasteiger partial charge in [0.2, 0.25) is 5.91 Å². The fourth-order valence-electron chi connectivity index (χ4n) is 3.04. The third-order valence-electron chi connectivity index (χ3n) is 4.59. The van der Waals surface area contributed by atoms with Crippen molar-refractivity contribution in [2.75, 3.05) is 42.9 Å². The van der Waals surface area contributed by atoms with Crippen LogP contribution in [-0.2, 0) is 11.8 Å². The first-order valence-corrected chi connectivity index (χ1v) is 8.44. The lowest BCUT2D eigenvalue weighted by Crippen LogP contribution is -2.36. The molecule has 2 aromatic rings. The molecule has 0 bridgehead atoms. The Labute approximate surface area is 143 Å². The second-order valence-corrected chi connectivity index (χ2v) is 6.27. The van der Waals surface area contributed by atoms with Crippen LogP contribution >= 0.6 is 0 Å². The average Bonchev–Trinajstić information content (AvgIpc) is 2.79. The zero-order valence-corrected chi connectivity index (χ0v) is 14.4. The molecule has 1 amide bonds. The lowest BCUT2D eigenvalue weighted by Gasteiger charge is -2.23. The van der Waals surface area contributed by atoms with Crippen LogP contribution in [0.1, 0.15) is 12.1 Å². The minimum atomic E-state index is 0.0271. The first kappa shape index (κ1) is 16.5. The molecule has 1 N–H and O–H groups in total. The first-order chi connectivity index (χ1) is 11.6. The summed E-state index contributed by atoms with van der Waals surface area (Å²) in [5.74, 6) is 0.0271. The number of aryl methyl sites for hydroxylation is 1. The molecule has 0 spiro atoms. The molecule has 1 fully saturated rings.